The Morgan fingerprint density at radius 2 is 1.39 bits per heavy atom. The number of amides is 2. The average molecular weight is 473 g/mol. The van der Waals surface area contributed by atoms with Crippen LogP contribution in [0.25, 0.3) is 0 Å². The van der Waals surface area contributed by atoms with Crippen LogP contribution in [-0.4, -0.2) is 91.1 Å². The van der Waals surface area contributed by atoms with Crippen LogP contribution in [0.15, 0.2) is 0 Å². The second kappa shape index (κ2) is 13.7. The Kier molecular flexibility index (Phi) is 12.1. The minimum absolute atomic E-state index is 0.0860. The van der Waals surface area contributed by atoms with Crippen LogP contribution in [0.3, 0.4) is 0 Å². The largest absolute Gasteiger partial charge is 0.460 e. The number of carbonyl (C=O) groups excluding carboxylic acids is 3. The number of piperidine rings is 1. The Bertz CT molecular complexity index is 617. The van der Waals surface area contributed by atoms with E-state index in [0.29, 0.717) is 45.9 Å². The third kappa shape index (κ3) is 12.8. The lowest BCUT2D eigenvalue weighted by molar-refractivity contribution is -0.156. The van der Waals surface area contributed by atoms with Crippen LogP contribution >= 0.6 is 0 Å². The van der Waals surface area contributed by atoms with Crippen LogP contribution in [-0.2, 0) is 28.5 Å². The Hall–Kier alpha value is -1.87. The van der Waals surface area contributed by atoms with Gasteiger partial charge < -0.3 is 28.7 Å². The first-order chi connectivity index (χ1) is 15.3. The number of rotatable bonds is 11. The van der Waals surface area contributed by atoms with E-state index in [-0.39, 0.29) is 37.0 Å². The quantitative estimate of drug-likeness (QED) is 0.336. The van der Waals surface area contributed by atoms with Crippen molar-refractivity contribution < 1.29 is 33.3 Å². The zero-order valence-corrected chi connectivity index (χ0v) is 21.6. The van der Waals surface area contributed by atoms with Gasteiger partial charge in [-0.15, -0.1) is 0 Å². The van der Waals surface area contributed by atoms with Gasteiger partial charge in [-0.2, -0.15) is 0 Å². The number of ether oxygens (including phenoxy) is 4. The molecule has 0 saturated carbocycles. The molecule has 1 aliphatic rings. The maximum Gasteiger partial charge on any atom is 0.410 e. The number of nitrogens with zero attached hydrogens (tertiary/aromatic N) is 2. The summed E-state index contributed by atoms with van der Waals surface area (Å²) >= 11 is 0. The molecule has 0 aromatic rings. The standard InChI is InChI=1S/C24H44N2O7/c1-8-20(27)26(19-9-12-25(13-10-19)22(29)33-24(5,6)7)14-16-31-18-17-30-15-11-21(28)32-23(2,3)4/h19H,8-18H2,1-7H3. The fraction of sp³-hybridized carbons (Fsp3) is 0.875. The Morgan fingerprint density at radius 1 is 0.848 bits per heavy atom. The summed E-state index contributed by atoms with van der Waals surface area (Å²) in [7, 11) is 0. The maximum atomic E-state index is 12.5. The normalized spacial score (nSPS) is 15.3. The van der Waals surface area contributed by atoms with Crippen molar-refractivity contribution in [1.82, 2.24) is 9.80 Å². The summed E-state index contributed by atoms with van der Waals surface area (Å²) < 4.78 is 21.7. The lowest BCUT2D eigenvalue weighted by Gasteiger charge is -2.38. The van der Waals surface area contributed by atoms with Crippen LogP contribution < -0.4 is 0 Å². The van der Waals surface area contributed by atoms with E-state index < -0.39 is 11.2 Å². The van der Waals surface area contributed by atoms with Gasteiger partial charge in [-0.25, -0.2) is 4.79 Å². The number of hydrogen-bond acceptors (Lipinski definition) is 7. The van der Waals surface area contributed by atoms with Gasteiger partial charge in [0, 0.05) is 32.1 Å². The molecule has 1 aliphatic heterocycles. The molecule has 0 atom stereocenters. The van der Waals surface area contributed by atoms with Crippen LogP contribution in [0.5, 0.6) is 0 Å². The van der Waals surface area contributed by atoms with Crippen molar-refractivity contribution in [2.45, 2.75) is 91.4 Å². The van der Waals surface area contributed by atoms with Gasteiger partial charge in [-0.05, 0) is 54.4 Å². The maximum absolute atomic E-state index is 12.5. The molecule has 2 amide bonds. The fourth-order valence-corrected chi connectivity index (χ4v) is 3.43. The molecule has 9 nitrogen and oxygen atoms in total. The monoisotopic (exact) mass is 472 g/mol. The predicted molar refractivity (Wildman–Crippen MR) is 125 cm³/mol. The molecule has 0 radical (unpaired) electrons. The van der Waals surface area contributed by atoms with Crippen molar-refractivity contribution in [3.05, 3.63) is 0 Å². The third-order valence-corrected chi connectivity index (χ3v) is 4.90. The minimum atomic E-state index is -0.519. The minimum Gasteiger partial charge on any atom is -0.460 e. The highest BCUT2D eigenvalue weighted by atomic mass is 16.6. The molecular weight excluding hydrogens is 428 g/mol. The van der Waals surface area contributed by atoms with Crippen molar-refractivity contribution in [2.24, 2.45) is 0 Å². The SMILES string of the molecule is CCC(=O)N(CCOCCOCCC(=O)OC(C)(C)C)C1CCN(C(=O)OC(C)(C)C)CC1. The molecule has 33 heavy (non-hydrogen) atoms. The predicted octanol–water partition coefficient (Wildman–Crippen LogP) is 3.39. The summed E-state index contributed by atoms with van der Waals surface area (Å²) in [6, 6.07) is 0.0878. The van der Waals surface area contributed by atoms with Gasteiger partial charge in [-0.1, -0.05) is 6.92 Å². The second-order valence-electron chi connectivity index (χ2n) is 10.2. The summed E-state index contributed by atoms with van der Waals surface area (Å²) in [6.45, 7) is 16.0. The van der Waals surface area contributed by atoms with E-state index >= 15 is 0 Å². The Morgan fingerprint density at radius 3 is 1.91 bits per heavy atom. The zero-order valence-electron chi connectivity index (χ0n) is 21.6. The van der Waals surface area contributed by atoms with Crippen molar-refractivity contribution in [3.8, 4) is 0 Å². The first-order valence-electron chi connectivity index (χ1n) is 12.0. The first kappa shape index (κ1) is 29.2. The molecule has 0 aliphatic carbocycles. The molecular formula is C24H44N2O7. The Balaban J connectivity index is 2.29. The molecule has 1 saturated heterocycles. The van der Waals surface area contributed by atoms with Gasteiger partial charge in [0.1, 0.15) is 11.2 Å². The highest BCUT2D eigenvalue weighted by Crippen LogP contribution is 2.20. The molecule has 0 spiro atoms. The van der Waals surface area contributed by atoms with E-state index in [2.05, 4.69) is 0 Å². The van der Waals surface area contributed by atoms with Crippen molar-refractivity contribution in [3.63, 3.8) is 0 Å². The van der Waals surface area contributed by atoms with E-state index in [1.807, 2.05) is 53.4 Å². The van der Waals surface area contributed by atoms with E-state index in [0.717, 1.165) is 12.8 Å². The molecule has 0 N–H and O–H groups in total. The van der Waals surface area contributed by atoms with E-state index in [1.165, 1.54) is 0 Å². The third-order valence-electron chi connectivity index (χ3n) is 4.90. The molecule has 0 unspecified atom stereocenters. The van der Waals surface area contributed by atoms with E-state index in [1.54, 1.807) is 4.90 Å². The van der Waals surface area contributed by atoms with Gasteiger partial charge in [0.2, 0.25) is 5.91 Å². The molecule has 1 heterocycles. The topological polar surface area (TPSA) is 94.6 Å². The molecule has 192 valence electrons. The summed E-state index contributed by atoms with van der Waals surface area (Å²) in [6.07, 6.45) is 1.78. The summed E-state index contributed by atoms with van der Waals surface area (Å²) in [5.41, 5.74) is -1.01. The van der Waals surface area contributed by atoms with E-state index in [9.17, 15) is 14.4 Å². The van der Waals surface area contributed by atoms with Crippen molar-refractivity contribution >= 4 is 18.0 Å². The zero-order chi connectivity index (χ0) is 25.1. The second-order valence-corrected chi connectivity index (χ2v) is 10.2. The first-order valence-corrected chi connectivity index (χ1v) is 12.0. The number of likely N-dealkylation sites (tertiary alicyclic amines) is 1. The van der Waals surface area contributed by atoms with Crippen molar-refractivity contribution in [2.75, 3.05) is 46.1 Å². The Labute approximate surface area is 199 Å². The number of carbonyl (C=O) groups is 3. The highest BCUT2D eigenvalue weighted by molar-refractivity contribution is 5.76. The lowest BCUT2D eigenvalue weighted by Crippen LogP contribution is -2.50. The van der Waals surface area contributed by atoms with E-state index in [4.69, 9.17) is 18.9 Å². The van der Waals surface area contributed by atoms with Gasteiger partial charge in [0.15, 0.2) is 0 Å². The van der Waals surface area contributed by atoms with Gasteiger partial charge >= 0.3 is 12.1 Å². The molecule has 0 aromatic heterocycles. The molecule has 0 bridgehead atoms. The van der Waals surface area contributed by atoms with Gasteiger partial charge in [-0.3, -0.25) is 9.59 Å². The summed E-state index contributed by atoms with van der Waals surface area (Å²) in [5, 5.41) is 0. The highest BCUT2D eigenvalue weighted by Gasteiger charge is 2.31. The van der Waals surface area contributed by atoms with Crippen LogP contribution in [0, 0.1) is 0 Å². The summed E-state index contributed by atoms with van der Waals surface area (Å²) in [4.78, 5) is 40.0. The van der Waals surface area contributed by atoms with Crippen molar-refractivity contribution in [1.29, 1.82) is 0 Å². The van der Waals surface area contributed by atoms with Gasteiger partial charge in [0.05, 0.1) is 32.8 Å². The molecule has 1 fully saturated rings. The number of hydrogen-bond donors (Lipinski definition) is 0. The lowest BCUT2D eigenvalue weighted by atomic mass is 10.0. The van der Waals surface area contributed by atoms with Crippen LogP contribution in [0.4, 0.5) is 4.79 Å². The smallest absolute Gasteiger partial charge is 0.410 e. The molecule has 1 rings (SSSR count). The molecule has 0 aromatic carbocycles. The van der Waals surface area contributed by atoms with Crippen LogP contribution in [0.1, 0.15) is 74.1 Å². The summed E-state index contributed by atoms with van der Waals surface area (Å²) in [5.74, 6) is -0.196. The van der Waals surface area contributed by atoms with Crippen LogP contribution in [0.2, 0.25) is 0 Å². The average Bonchev–Trinajstić information content (AvgIpc) is 2.69. The van der Waals surface area contributed by atoms with Gasteiger partial charge in [0.25, 0.3) is 0 Å². The fourth-order valence-electron chi connectivity index (χ4n) is 3.43. The molecule has 9 heteroatoms. The number of esters is 1.